The van der Waals surface area contributed by atoms with Crippen molar-refractivity contribution in [1.29, 1.82) is 0 Å². The maximum Gasteiger partial charge on any atom is 0.340 e. The van der Waals surface area contributed by atoms with Gasteiger partial charge in [0, 0.05) is 24.1 Å². The van der Waals surface area contributed by atoms with E-state index >= 15 is 0 Å². The Bertz CT molecular complexity index is 828. The summed E-state index contributed by atoms with van der Waals surface area (Å²) in [4.78, 5) is 35.5. The summed E-state index contributed by atoms with van der Waals surface area (Å²) in [6.45, 7) is 2.18. The number of amides is 1. The van der Waals surface area contributed by atoms with Crippen molar-refractivity contribution in [1.82, 2.24) is 5.32 Å². The highest BCUT2D eigenvalue weighted by Crippen LogP contribution is 2.40. The van der Waals surface area contributed by atoms with Crippen molar-refractivity contribution in [2.75, 3.05) is 0 Å². The zero-order chi connectivity index (χ0) is 22.1. The van der Waals surface area contributed by atoms with E-state index in [9.17, 15) is 29.7 Å². The molecule has 1 aromatic carbocycles. The van der Waals surface area contributed by atoms with Crippen molar-refractivity contribution in [3.63, 3.8) is 0 Å². The van der Waals surface area contributed by atoms with Crippen LogP contribution in [0.4, 0.5) is 0 Å². The van der Waals surface area contributed by atoms with Gasteiger partial charge in [0.2, 0.25) is 0 Å². The second kappa shape index (κ2) is 11.4. The van der Waals surface area contributed by atoms with Crippen molar-refractivity contribution >= 4 is 17.7 Å². The molecule has 0 bridgehead atoms. The second-order valence-corrected chi connectivity index (χ2v) is 7.67. The summed E-state index contributed by atoms with van der Waals surface area (Å²) in [6.07, 6.45) is 12.6. The van der Waals surface area contributed by atoms with Crippen LogP contribution < -0.4 is 5.32 Å². The molecule has 0 atom stereocenters. The largest absolute Gasteiger partial charge is 0.507 e. The molecule has 4 N–H and O–H groups in total. The van der Waals surface area contributed by atoms with Gasteiger partial charge in [-0.2, -0.15) is 0 Å². The van der Waals surface area contributed by atoms with Crippen molar-refractivity contribution < 1.29 is 29.7 Å². The zero-order valence-corrected chi connectivity index (χ0v) is 17.5. The molecule has 1 aliphatic heterocycles. The summed E-state index contributed by atoms with van der Waals surface area (Å²) < 4.78 is 0. The number of nitrogens with one attached hydrogen (secondary N) is 1. The number of fused-ring (bicyclic) bond motifs is 1. The number of unbranched alkanes of at least 4 members (excludes halogenated alkanes) is 7. The number of phenols is 2. The second-order valence-electron chi connectivity index (χ2n) is 7.67. The third-order valence-corrected chi connectivity index (χ3v) is 5.41. The first-order valence-electron chi connectivity index (χ1n) is 10.7. The number of aromatic carboxylic acids is 1. The number of carbonyl (C=O) groups excluding carboxylic acids is 2. The number of hydrogen-bond acceptors (Lipinski definition) is 5. The predicted molar refractivity (Wildman–Crippen MR) is 113 cm³/mol. The molecule has 7 heteroatoms. The van der Waals surface area contributed by atoms with Gasteiger partial charge in [-0.3, -0.25) is 9.59 Å². The van der Waals surface area contributed by atoms with Crippen LogP contribution in [-0.2, 0) is 17.8 Å². The van der Waals surface area contributed by atoms with Gasteiger partial charge in [0.1, 0.15) is 17.1 Å². The van der Waals surface area contributed by atoms with Crippen LogP contribution in [0.3, 0.4) is 0 Å². The normalized spacial score (nSPS) is 12.9. The molecular formula is C23H31NO6. The van der Waals surface area contributed by atoms with Crippen LogP contribution in [0.5, 0.6) is 11.5 Å². The Morgan fingerprint density at radius 3 is 2.37 bits per heavy atom. The summed E-state index contributed by atoms with van der Waals surface area (Å²) in [5, 5.41) is 32.6. The van der Waals surface area contributed by atoms with E-state index in [0.29, 0.717) is 0 Å². The predicted octanol–water partition coefficient (Wildman–Crippen LogP) is 4.24. The van der Waals surface area contributed by atoms with E-state index in [4.69, 9.17) is 0 Å². The number of carbonyl (C=O) groups is 3. The minimum absolute atomic E-state index is 0.0139. The Morgan fingerprint density at radius 1 is 1.03 bits per heavy atom. The minimum atomic E-state index is -1.46. The van der Waals surface area contributed by atoms with Crippen LogP contribution in [0.25, 0.3) is 0 Å². The Kier molecular flexibility index (Phi) is 8.89. The smallest absolute Gasteiger partial charge is 0.340 e. The number of allylic oxidation sites excluding steroid dienone is 2. The monoisotopic (exact) mass is 417 g/mol. The van der Waals surface area contributed by atoms with E-state index in [-0.39, 0.29) is 47.6 Å². The summed E-state index contributed by atoms with van der Waals surface area (Å²) in [6, 6.07) is 0. The van der Waals surface area contributed by atoms with Gasteiger partial charge in [-0.25, -0.2) is 4.79 Å². The fourth-order valence-corrected chi connectivity index (χ4v) is 3.72. The number of carboxylic acids is 1. The first-order chi connectivity index (χ1) is 14.4. The third-order valence-electron chi connectivity index (χ3n) is 5.41. The zero-order valence-electron chi connectivity index (χ0n) is 17.5. The van der Waals surface area contributed by atoms with Crippen molar-refractivity contribution in [2.24, 2.45) is 0 Å². The van der Waals surface area contributed by atoms with E-state index in [0.717, 1.165) is 19.3 Å². The summed E-state index contributed by atoms with van der Waals surface area (Å²) >= 11 is 0. The number of carboxylic acid groups (broad SMARTS) is 1. The van der Waals surface area contributed by atoms with E-state index in [1.54, 1.807) is 0 Å². The molecule has 0 aromatic heterocycles. The molecule has 1 amide bonds. The third kappa shape index (κ3) is 5.84. The number of benzene rings is 1. The molecule has 7 nitrogen and oxygen atoms in total. The highest BCUT2D eigenvalue weighted by atomic mass is 16.4. The van der Waals surface area contributed by atoms with Gasteiger partial charge >= 0.3 is 5.97 Å². The summed E-state index contributed by atoms with van der Waals surface area (Å²) in [5.41, 5.74) is -0.625. The number of phenolic OH excluding ortho intramolecular Hbond substituents is 1. The topological polar surface area (TPSA) is 124 Å². The van der Waals surface area contributed by atoms with Crippen LogP contribution >= 0.6 is 0 Å². The van der Waals surface area contributed by atoms with Gasteiger partial charge in [-0.1, -0.05) is 51.5 Å². The Balaban J connectivity index is 1.90. The number of hydrogen-bond donors (Lipinski definition) is 4. The molecule has 1 aliphatic rings. The van der Waals surface area contributed by atoms with Crippen molar-refractivity contribution in [3.8, 4) is 11.5 Å². The van der Waals surface area contributed by atoms with E-state index in [1.165, 1.54) is 38.2 Å². The lowest BCUT2D eigenvalue weighted by Gasteiger charge is -2.13. The number of rotatable bonds is 13. The molecule has 0 saturated heterocycles. The first-order valence-corrected chi connectivity index (χ1v) is 10.7. The average Bonchev–Trinajstić information content (AvgIpc) is 3.08. The Hall–Kier alpha value is -2.83. The lowest BCUT2D eigenvalue weighted by atomic mass is 9.93. The molecule has 0 unspecified atom stereocenters. The molecule has 0 aliphatic carbocycles. The lowest BCUT2D eigenvalue weighted by molar-refractivity contribution is -0.114. The summed E-state index contributed by atoms with van der Waals surface area (Å²) in [7, 11) is 0. The Morgan fingerprint density at radius 2 is 1.70 bits per heavy atom. The molecule has 0 spiro atoms. The molecule has 0 saturated carbocycles. The van der Waals surface area contributed by atoms with Crippen LogP contribution in [0.2, 0.25) is 0 Å². The van der Waals surface area contributed by atoms with E-state index in [1.807, 2.05) is 6.08 Å². The van der Waals surface area contributed by atoms with Crippen molar-refractivity contribution in [3.05, 3.63) is 34.4 Å². The van der Waals surface area contributed by atoms with Gasteiger partial charge in [-0.15, -0.1) is 0 Å². The lowest BCUT2D eigenvalue weighted by Crippen LogP contribution is -2.15. The number of aromatic hydroxyl groups is 2. The van der Waals surface area contributed by atoms with Gasteiger partial charge in [0.05, 0.1) is 5.56 Å². The molecule has 2 rings (SSSR count). The fraction of sp³-hybridized carbons (Fsp3) is 0.522. The molecule has 0 fully saturated rings. The van der Waals surface area contributed by atoms with Crippen molar-refractivity contribution in [2.45, 2.75) is 77.7 Å². The van der Waals surface area contributed by atoms with Gasteiger partial charge in [0.15, 0.2) is 5.78 Å². The molecule has 30 heavy (non-hydrogen) atoms. The quantitative estimate of drug-likeness (QED) is 0.281. The SMILES string of the molecule is CCCCCCCCC/C=C/C(=O)CCc1c(O)c2c(c(C(=O)O)c1O)C(=O)NC2. The molecule has 164 valence electrons. The first kappa shape index (κ1) is 23.4. The summed E-state index contributed by atoms with van der Waals surface area (Å²) in [5.74, 6) is -3.25. The standard InChI is InChI=1S/C23H31NO6/c1-2-3-4-5-6-7-8-9-10-11-15(25)12-13-16-20(26)17-14-24-22(28)18(17)19(21(16)27)23(29)30/h10-11,26-27H,2-9,12-14H2,1H3,(H,24,28)(H,29,30)/b11-10+. The van der Waals surface area contributed by atoms with Crippen LogP contribution in [0.15, 0.2) is 12.2 Å². The fourth-order valence-electron chi connectivity index (χ4n) is 3.72. The van der Waals surface area contributed by atoms with Crippen LogP contribution in [0.1, 0.15) is 96.6 Å². The minimum Gasteiger partial charge on any atom is -0.507 e. The van der Waals surface area contributed by atoms with Crippen LogP contribution in [-0.4, -0.2) is 33.0 Å². The van der Waals surface area contributed by atoms with Crippen LogP contribution in [0, 0.1) is 0 Å². The molecule has 1 heterocycles. The molecular weight excluding hydrogens is 386 g/mol. The van der Waals surface area contributed by atoms with Gasteiger partial charge in [0.25, 0.3) is 5.91 Å². The number of ketones is 1. The average molecular weight is 418 g/mol. The van der Waals surface area contributed by atoms with Gasteiger partial charge < -0.3 is 20.6 Å². The maximum absolute atomic E-state index is 12.1. The maximum atomic E-state index is 12.1. The highest BCUT2D eigenvalue weighted by molar-refractivity contribution is 6.10. The Labute approximate surface area is 176 Å². The van der Waals surface area contributed by atoms with E-state index in [2.05, 4.69) is 12.2 Å². The molecule has 0 radical (unpaired) electrons. The van der Waals surface area contributed by atoms with Gasteiger partial charge in [-0.05, 0) is 25.3 Å². The van der Waals surface area contributed by atoms with E-state index < -0.39 is 23.2 Å². The highest BCUT2D eigenvalue weighted by Gasteiger charge is 2.34. The molecule has 1 aromatic rings.